The van der Waals surface area contributed by atoms with E-state index < -0.39 is 0 Å². The van der Waals surface area contributed by atoms with Crippen LogP contribution < -0.4 is 10.1 Å². The average molecular weight is 415 g/mol. The second kappa shape index (κ2) is 9.55. The minimum atomic E-state index is -0.218. The van der Waals surface area contributed by atoms with Crippen LogP contribution in [0.5, 0.6) is 5.75 Å². The maximum absolute atomic E-state index is 12.8. The van der Waals surface area contributed by atoms with Crippen LogP contribution in [0.1, 0.15) is 54.6 Å². The molecule has 2 heterocycles. The lowest BCUT2D eigenvalue weighted by molar-refractivity contribution is 0.0750. The van der Waals surface area contributed by atoms with Crippen LogP contribution in [-0.4, -0.2) is 46.0 Å². The monoisotopic (exact) mass is 414 g/mol. The predicted molar refractivity (Wildman–Crippen MR) is 112 cm³/mol. The van der Waals surface area contributed by atoms with E-state index in [1.54, 1.807) is 30.5 Å². The lowest BCUT2D eigenvalue weighted by Gasteiger charge is -2.36. The molecule has 1 aliphatic heterocycles. The second-order valence-corrected chi connectivity index (χ2v) is 8.25. The van der Waals surface area contributed by atoms with Crippen molar-refractivity contribution in [1.82, 2.24) is 20.2 Å². The zero-order valence-electron chi connectivity index (χ0n) is 16.5. The van der Waals surface area contributed by atoms with Gasteiger partial charge in [-0.05, 0) is 49.9 Å². The van der Waals surface area contributed by atoms with E-state index in [0.29, 0.717) is 22.9 Å². The summed E-state index contributed by atoms with van der Waals surface area (Å²) in [7, 11) is 0. The smallest absolute Gasteiger partial charge is 0.255 e. The molecule has 0 bridgehead atoms. The van der Waals surface area contributed by atoms with Crippen molar-refractivity contribution in [2.45, 2.75) is 57.2 Å². The van der Waals surface area contributed by atoms with E-state index in [1.165, 1.54) is 32.0 Å². The quantitative estimate of drug-likeness (QED) is 0.777. The van der Waals surface area contributed by atoms with Gasteiger partial charge in [0.2, 0.25) is 0 Å². The minimum absolute atomic E-state index is 0.127. The molecule has 1 aliphatic carbocycles. The Labute approximate surface area is 176 Å². The van der Waals surface area contributed by atoms with Crippen LogP contribution in [0.4, 0.5) is 0 Å². The Morgan fingerprint density at radius 2 is 1.97 bits per heavy atom. The van der Waals surface area contributed by atoms with Gasteiger partial charge in [-0.25, -0.2) is 9.97 Å². The molecular formula is C22H27ClN4O2. The first-order chi connectivity index (χ1) is 14.2. The van der Waals surface area contributed by atoms with Gasteiger partial charge in [-0.3, -0.25) is 4.79 Å². The molecule has 2 fully saturated rings. The summed E-state index contributed by atoms with van der Waals surface area (Å²) in [5.41, 5.74) is 1.21. The molecule has 7 heteroatoms. The summed E-state index contributed by atoms with van der Waals surface area (Å²) >= 11 is 6.15. The Bertz CT molecular complexity index is 819. The van der Waals surface area contributed by atoms with E-state index in [1.807, 2.05) is 0 Å². The van der Waals surface area contributed by atoms with E-state index in [2.05, 4.69) is 20.2 Å². The summed E-state index contributed by atoms with van der Waals surface area (Å²) in [6.07, 6.45) is 10.6. The third-order valence-electron chi connectivity index (χ3n) is 5.87. The number of rotatable bonds is 6. The van der Waals surface area contributed by atoms with Crippen LogP contribution in [0.15, 0.2) is 36.8 Å². The third kappa shape index (κ3) is 5.25. The molecular weight excluding hydrogens is 388 g/mol. The van der Waals surface area contributed by atoms with Gasteiger partial charge < -0.3 is 15.0 Å². The van der Waals surface area contributed by atoms with Gasteiger partial charge in [0.25, 0.3) is 5.91 Å². The minimum Gasteiger partial charge on any atom is -0.489 e. The first kappa shape index (κ1) is 20.1. The molecule has 2 aromatic rings. The lowest BCUT2D eigenvalue weighted by atomic mass is 10.0. The molecule has 154 valence electrons. The number of hydrogen-bond donors (Lipinski definition) is 1. The number of piperidine rings is 1. The molecule has 2 aliphatic rings. The van der Waals surface area contributed by atoms with Gasteiger partial charge >= 0.3 is 0 Å². The largest absolute Gasteiger partial charge is 0.489 e. The lowest BCUT2D eigenvalue weighted by Crippen LogP contribution is -2.43. The summed E-state index contributed by atoms with van der Waals surface area (Å²) in [5.74, 6) is 0.374. The Kier molecular flexibility index (Phi) is 6.62. The van der Waals surface area contributed by atoms with Crippen LogP contribution in [0.25, 0.3) is 0 Å². The van der Waals surface area contributed by atoms with Gasteiger partial charge in [0.15, 0.2) is 0 Å². The third-order valence-corrected chi connectivity index (χ3v) is 6.11. The normalized spacial score (nSPS) is 18.7. The fourth-order valence-electron chi connectivity index (χ4n) is 4.28. The van der Waals surface area contributed by atoms with Gasteiger partial charge in [0.05, 0.1) is 17.8 Å². The fraction of sp³-hybridized carbons (Fsp3) is 0.500. The SMILES string of the molecule is O=C(NCc1ccncn1)c1cc(Cl)ccc1OC1CCN(C2CCCC2)CC1. The highest BCUT2D eigenvalue weighted by atomic mass is 35.5. The van der Waals surface area contributed by atoms with E-state index in [0.717, 1.165) is 37.7 Å². The van der Waals surface area contributed by atoms with Crippen molar-refractivity contribution in [2.24, 2.45) is 0 Å². The zero-order chi connectivity index (χ0) is 20.1. The van der Waals surface area contributed by atoms with E-state index in [4.69, 9.17) is 16.3 Å². The maximum Gasteiger partial charge on any atom is 0.255 e. The standard InChI is InChI=1S/C22H27ClN4O2/c23-16-5-6-21(20(13-16)22(28)25-14-17-7-10-24-15-26-17)29-19-8-11-27(12-9-19)18-3-1-2-4-18/h5-7,10,13,15,18-19H,1-4,8-9,11-12,14H2,(H,25,28). The Hall–Kier alpha value is -2.18. The summed E-state index contributed by atoms with van der Waals surface area (Å²) in [6, 6.07) is 7.76. The fourth-order valence-corrected chi connectivity index (χ4v) is 4.45. The number of amides is 1. The van der Waals surface area contributed by atoms with Crippen molar-refractivity contribution >= 4 is 17.5 Å². The highest BCUT2D eigenvalue weighted by molar-refractivity contribution is 6.31. The molecule has 0 spiro atoms. The zero-order valence-corrected chi connectivity index (χ0v) is 17.3. The first-order valence-electron chi connectivity index (χ1n) is 10.4. The van der Waals surface area contributed by atoms with Crippen LogP contribution >= 0.6 is 11.6 Å². The van der Waals surface area contributed by atoms with Gasteiger partial charge in [0.1, 0.15) is 18.2 Å². The first-order valence-corrected chi connectivity index (χ1v) is 10.8. The van der Waals surface area contributed by atoms with E-state index in [9.17, 15) is 4.79 Å². The molecule has 0 radical (unpaired) electrons. The Morgan fingerprint density at radius 1 is 1.17 bits per heavy atom. The molecule has 0 unspecified atom stereocenters. The van der Waals surface area contributed by atoms with Crippen LogP contribution in [0.3, 0.4) is 0 Å². The topological polar surface area (TPSA) is 67.3 Å². The number of ether oxygens (including phenoxy) is 1. The number of hydrogen-bond acceptors (Lipinski definition) is 5. The Morgan fingerprint density at radius 3 is 2.69 bits per heavy atom. The van der Waals surface area contributed by atoms with Crippen molar-refractivity contribution in [2.75, 3.05) is 13.1 Å². The van der Waals surface area contributed by atoms with Crippen molar-refractivity contribution in [3.63, 3.8) is 0 Å². The number of likely N-dealkylation sites (tertiary alicyclic amines) is 1. The van der Waals surface area contributed by atoms with Gasteiger partial charge in [-0.15, -0.1) is 0 Å². The molecule has 1 amide bonds. The predicted octanol–water partition coefficient (Wildman–Crippen LogP) is 3.85. The second-order valence-electron chi connectivity index (χ2n) is 7.82. The molecule has 1 saturated heterocycles. The van der Waals surface area contributed by atoms with Crippen molar-refractivity contribution in [1.29, 1.82) is 0 Å². The maximum atomic E-state index is 12.8. The molecule has 1 N–H and O–H groups in total. The summed E-state index contributed by atoms with van der Waals surface area (Å²) in [4.78, 5) is 23.4. The van der Waals surface area contributed by atoms with Gasteiger partial charge in [0, 0.05) is 30.4 Å². The molecule has 29 heavy (non-hydrogen) atoms. The van der Waals surface area contributed by atoms with Crippen LogP contribution in [0.2, 0.25) is 5.02 Å². The molecule has 0 atom stereocenters. The van der Waals surface area contributed by atoms with Crippen LogP contribution in [-0.2, 0) is 6.54 Å². The number of carbonyl (C=O) groups is 1. The Balaban J connectivity index is 1.37. The number of nitrogens with zero attached hydrogens (tertiary/aromatic N) is 3. The average Bonchev–Trinajstić information content (AvgIpc) is 3.29. The van der Waals surface area contributed by atoms with Crippen LogP contribution in [0, 0.1) is 0 Å². The molecule has 1 saturated carbocycles. The summed E-state index contributed by atoms with van der Waals surface area (Å²) in [5, 5.41) is 3.40. The molecule has 1 aromatic carbocycles. The van der Waals surface area contributed by atoms with Crippen molar-refractivity contribution < 1.29 is 9.53 Å². The van der Waals surface area contributed by atoms with Gasteiger partial charge in [-0.2, -0.15) is 0 Å². The number of carbonyl (C=O) groups excluding carboxylic acids is 1. The summed E-state index contributed by atoms with van der Waals surface area (Å²) in [6.45, 7) is 2.46. The number of aromatic nitrogens is 2. The van der Waals surface area contributed by atoms with Crippen molar-refractivity contribution in [3.05, 3.63) is 53.1 Å². The van der Waals surface area contributed by atoms with E-state index in [-0.39, 0.29) is 12.0 Å². The summed E-state index contributed by atoms with van der Waals surface area (Å²) < 4.78 is 6.25. The van der Waals surface area contributed by atoms with E-state index >= 15 is 0 Å². The molecule has 6 nitrogen and oxygen atoms in total. The van der Waals surface area contributed by atoms with Gasteiger partial charge in [-0.1, -0.05) is 24.4 Å². The number of halogens is 1. The molecule has 1 aromatic heterocycles. The number of benzene rings is 1. The van der Waals surface area contributed by atoms with Crippen molar-refractivity contribution in [3.8, 4) is 5.75 Å². The molecule has 4 rings (SSSR count). The number of nitrogens with one attached hydrogen (secondary N) is 1. The highest BCUT2D eigenvalue weighted by Gasteiger charge is 2.28. The highest BCUT2D eigenvalue weighted by Crippen LogP contribution is 2.29.